The molecule has 0 spiro atoms. The van der Waals surface area contributed by atoms with Gasteiger partial charge < -0.3 is 5.32 Å². The van der Waals surface area contributed by atoms with Crippen molar-refractivity contribution < 1.29 is 9.72 Å². The van der Waals surface area contributed by atoms with Crippen molar-refractivity contribution in [3.63, 3.8) is 0 Å². The zero-order valence-electron chi connectivity index (χ0n) is 12.4. The number of rotatable bonds is 3. The van der Waals surface area contributed by atoms with Crippen LogP contribution < -0.4 is 5.32 Å². The van der Waals surface area contributed by atoms with Gasteiger partial charge in [0.15, 0.2) is 5.17 Å². The molecule has 9 heteroatoms. The number of nitro groups is 1. The zero-order chi connectivity index (χ0) is 18.0. The molecule has 126 valence electrons. The number of amidine groups is 1. The SMILES string of the molecule is O=C1NC(=Nc2ccc([N+](=O)[O-])cc2Br)S/C1=C/c1cccc(Br)c1. The fourth-order valence-corrected chi connectivity index (χ4v) is 3.74. The van der Waals surface area contributed by atoms with E-state index >= 15 is 0 Å². The normalized spacial score (nSPS) is 17.1. The third-order valence-electron chi connectivity index (χ3n) is 3.16. The van der Waals surface area contributed by atoms with Crippen molar-refractivity contribution in [1.29, 1.82) is 0 Å². The minimum absolute atomic E-state index is 0.0332. The fraction of sp³-hybridized carbons (Fsp3) is 0. The van der Waals surface area contributed by atoms with Crippen LogP contribution in [0.5, 0.6) is 0 Å². The molecule has 0 saturated carbocycles. The monoisotopic (exact) mass is 481 g/mol. The van der Waals surface area contributed by atoms with E-state index in [0.29, 0.717) is 20.2 Å². The molecule has 0 bridgehead atoms. The van der Waals surface area contributed by atoms with E-state index in [1.165, 1.54) is 30.0 Å². The number of hydrogen-bond donors (Lipinski definition) is 1. The molecule has 2 aromatic rings. The Hall–Kier alpha value is -1.97. The second-order valence-corrected chi connectivity index (χ2v) is 7.73. The molecular weight excluding hydrogens is 474 g/mol. The van der Waals surface area contributed by atoms with Crippen molar-refractivity contribution in [2.24, 2.45) is 4.99 Å². The Kier molecular flexibility index (Phi) is 5.36. The maximum absolute atomic E-state index is 12.1. The molecule has 0 radical (unpaired) electrons. The predicted octanol–water partition coefficient (Wildman–Crippen LogP) is 5.01. The summed E-state index contributed by atoms with van der Waals surface area (Å²) in [5.41, 5.74) is 1.36. The lowest BCUT2D eigenvalue weighted by Crippen LogP contribution is -2.19. The van der Waals surface area contributed by atoms with Crippen LogP contribution >= 0.6 is 43.6 Å². The summed E-state index contributed by atoms with van der Waals surface area (Å²) in [5.74, 6) is -0.234. The molecule has 1 heterocycles. The highest BCUT2D eigenvalue weighted by Gasteiger charge is 2.24. The van der Waals surface area contributed by atoms with Crippen LogP contribution in [-0.4, -0.2) is 16.0 Å². The van der Waals surface area contributed by atoms with Crippen LogP contribution in [0.3, 0.4) is 0 Å². The number of halogens is 2. The summed E-state index contributed by atoms with van der Waals surface area (Å²) in [6.45, 7) is 0. The molecule has 0 atom stereocenters. The van der Waals surface area contributed by atoms with Gasteiger partial charge in [-0.1, -0.05) is 28.1 Å². The lowest BCUT2D eigenvalue weighted by atomic mass is 10.2. The molecule has 1 saturated heterocycles. The van der Waals surface area contributed by atoms with Gasteiger partial charge in [-0.05, 0) is 57.5 Å². The first kappa shape index (κ1) is 17.8. The van der Waals surface area contributed by atoms with E-state index in [1.54, 1.807) is 6.08 Å². The molecule has 2 aromatic carbocycles. The van der Waals surface area contributed by atoms with Gasteiger partial charge in [0.2, 0.25) is 0 Å². The van der Waals surface area contributed by atoms with E-state index in [9.17, 15) is 14.9 Å². The number of carbonyl (C=O) groups is 1. The largest absolute Gasteiger partial charge is 0.300 e. The molecule has 1 N–H and O–H groups in total. The van der Waals surface area contributed by atoms with E-state index in [1.807, 2.05) is 24.3 Å². The first-order chi connectivity index (χ1) is 11.9. The summed E-state index contributed by atoms with van der Waals surface area (Å²) < 4.78 is 1.41. The number of benzene rings is 2. The van der Waals surface area contributed by atoms with Gasteiger partial charge in [0, 0.05) is 16.6 Å². The number of nitrogens with zero attached hydrogens (tertiary/aromatic N) is 2. The number of hydrogen-bond acceptors (Lipinski definition) is 5. The average Bonchev–Trinajstić information content (AvgIpc) is 2.88. The lowest BCUT2D eigenvalue weighted by molar-refractivity contribution is -0.384. The lowest BCUT2D eigenvalue weighted by Gasteiger charge is -2.00. The highest BCUT2D eigenvalue weighted by Crippen LogP contribution is 2.33. The van der Waals surface area contributed by atoms with Crippen LogP contribution in [0.1, 0.15) is 5.56 Å². The van der Waals surface area contributed by atoms with Crippen LogP contribution in [0, 0.1) is 10.1 Å². The minimum atomic E-state index is -0.480. The fourth-order valence-electron chi connectivity index (χ4n) is 2.04. The Bertz CT molecular complexity index is 944. The number of nitro benzene ring substituents is 1. The third-order valence-corrected chi connectivity index (χ3v) is 5.20. The number of amides is 1. The molecule has 1 fully saturated rings. The van der Waals surface area contributed by atoms with Crippen molar-refractivity contribution in [1.82, 2.24) is 5.32 Å². The van der Waals surface area contributed by atoms with Gasteiger partial charge in [0.05, 0.1) is 20.0 Å². The van der Waals surface area contributed by atoms with Gasteiger partial charge in [-0.2, -0.15) is 0 Å². The minimum Gasteiger partial charge on any atom is -0.300 e. The Morgan fingerprint density at radius 1 is 1.20 bits per heavy atom. The Labute approximate surface area is 163 Å². The van der Waals surface area contributed by atoms with Crippen LogP contribution in [0.15, 0.2) is 61.3 Å². The molecule has 3 rings (SSSR count). The first-order valence-corrected chi connectivity index (χ1v) is 9.32. The summed E-state index contributed by atoms with van der Waals surface area (Å²) in [4.78, 5) is 27.3. The van der Waals surface area contributed by atoms with Crippen LogP contribution in [0.2, 0.25) is 0 Å². The quantitative estimate of drug-likeness (QED) is 0.378. The Morgan fingerprint density at radius 2 is 2.00 bits per heavy atom. The molecule has 25 heavy (non-hydrogen) atoms. The summed E-state index contributed by atoms with van der Waals surface area (Å²) >= 11 is 7.87. The highest BCUT2D eigenvalue weighted by molar-refractivity contribution is 9.10. The zero-order valence-corrected chi connectivity index (χ0v) is 16.4. The maximum atomic E-state index is 12.1. The second-order valence-electron chi connectivity index (χ2n) is 4.93. The standard InChI is InChI=1S/C16H9Br2N3O3S/c17-10-3-1-2-9(6-10)7-14-15(22)20-16(25-14)19-13-5-4-11(21(23)24)8-12(13)18/h1-8H,(H,19,20,22)/b14-7+. The van der Waals surface area contributed by atoms with E-state index in [2.05, 4.69) is 42.2 Å². The smallest absolute Gasteiger partial charge is 0.270 e. The van der Waals surface area contributed by atoms with Gasteiger partial charge in [-0.15, -0.1) is 0 Å². The summed E-state index contributed by atoms with van der Waals surface area (Å²) in [6.07, 6.45) is 1.78. The van der Waals surface area contributed by atoms with E-state index in [-0.39, 0.29) is 11.6 Å². The number of aliphatic imine (C=N–C) groups is 1. The summed E-state index contributed by atoms with van der Waals surface area (Å²) in [7, 11) is 0. The van der Waals surface area contributed by atoms with Gasteiger partial charge in [-0.3, -0.25) is 14.9 Å². The van der Waals surface area contributed by atoms with Gasteiger partial charge in [0.1, 0.15) is 0 Å². The van der Waals surface area contributed by atoms with Crippen molar-refractivity contribution in [3.8, 4) is 0 Å². The highest BCUT2D eigenvalue weighted by atomic mass is 79.9. The van der Waals surface area contributed by atoms with Crippen LogP contribution in [0.4, 0.5) is 11.4 Å². The van der Waals surface area contributed by atoms with E-state index in [0.717, 1.165) is 10.0 Å². The molecule has 0 aromatic heterocycles. The molecule has 0 aliphatic carbocycles. The van der Waals surface area contributed by atoms with Gasteiger partial charge in [0.25, 0.3) is 11.6 Å². The Morgan fingerprint density at radius 3 is 2.68 bits per heavy atom. The summed E-state index contributed by atoms with van der Waals surface area (Å²) in [5, 5.41) is 13.9. The predicted molar refractivity (Wildman–Crippen MR) is 106 cm³/mol. The maximum Gasteiger partial charge on any atom is 0.270 e. The topological polar surface area (TPSA) is 84.6 Å². The third kappa shape index (κ3) is 4.36. The van der Waals surface area contributed by atoms with Crippen molar-refractivity contribution >= 4 is 72.1 Å². The molecule has 1 amide bonds. The number of thioether (sulfide) groups is 1. The number of non-ortho nitro benzene ring substituents is 1. The number of carbonyl (C=O) groups excluding carboxylic acids is 1. The van der Waals surface area contributed by atoms with E-state index in [4.69, 9.17) is 0 Å². The molecular formula is C16H9Br2N3O3S. The van der Waals surface area contributed by atoms with Crippen molar-refractivity contribution in [2.75, 3.05) is 0 Å². The summed E-state index contributed by atoms with van der Waals surface area (Å²) in [6, 6.07) is 11.9. The van der Waals surface area contributed by atoms with Crippen LogP contribution in [-0.2, 0) is 4.79 Å². The number of nitrogens with one attached hydrogen (secondary N) is 1. The molecule has 0 unspecified atom stereocenters. The Balaban J connectivity index is 1.85. The molecule has 1 aliphatic heterocycles. The average molecular weight is 483 g/mol. The molecule has 6 nitrogen and oxygen atoms in total. The van der Waals surface area contributed by atoms with Crippen molar-refractivity contribution in [2.45, 2.75) is 0 Å². The second kappa shape index (κ2) is 7.51. The first-order valence-electron chi connectivity index (χ1n) is 6.91. The van der Waals surface area contributed by atoms with E-state index < -0.39 is 4.92 Å². The molecule has 1 aliphatic rings. The van der Waals surface area contributed by atoms with Crippen LogP contribution in [0.25, 0.3) is 6.08 Å². The van der Waals surface area contributed by atoms with Crippen molar-refractivity contribution in [3.05, 3.63) is 72.0 Å². The van der Waals surface area contributed by atoms with Gasteiger partial charge in [-0.25, -0.2) is 4.99 Å². The van der Waals surface area contributed by atoms with Gasteiger partial charge >= 0.3 is 0 Å².